The number of para-hydroxylation sites is 2. The summed E-state index contributed by atoms with van der Waals surface area (Å²) in [4.78, 5) is 16.6. The first kappa shape index (κ1) is 20.4. The van der Waals surface area contributed by atoms with Gasteiger partial charge in [-0.15, -0.1) is 0 Å². The number of carbonyl (C=O) groups excluding carboxylic acids is 1. The molecule has 0 atom stereocenters. The van der Waals surface area contributed by atoms with E-state index in [2.05, 4.69) is 32.6 Å². The van der Waals surface area contributed by atoms with E-state index in [1.807, 2.05) is 32.9 Å². The third kappa shape index (κ3) is 6.75. The highest BCUT2D eigenvalue weighted by Gasteiger charge is 2.19. The van der Waals surface area contributed by atoms with Gasteiger partial charge in [0.25, 0.3) is 0 Å². The van der Waals surface area contributed by atoms with Crippen LogP contribution in [0.1, 0.15) is 33.6 Å². The van der Waals surface area contributed by atoms with Crippen molar-refractivity contribution >= 4 is 11.7 Å². The van der Waals surface area contributed by atoms with E-state index >= 15 is 0 Å². The third-order valence-electron chi connectivity index (χ3n) is 4.47. The summed E-state index contributed by atoms with van der Waals surface area (Å²) in [5.74, 6) is 0.945. The zero-order chi connectivity index (χ0) is 19.0. The fourth-order valence-electron chi connectivity index (χ4n) is 3.15. The van der Waals surface area contributed by atoms with Crippen LogP contribution in [0, 0.1) is 0 Å². The highest BCUT2D eigenvalue weighted by molar-refractivity contribution is 5.74. The minimum atomic E-state index is -0.189. The molecule has 1 aromatic carbocycles. The largest absolute Gasteiger partial charge is 0.495 e. The molecule has 6 nitrogen and oxygen atoms in total. The van der Waals surface area contributed by atoms with Gasteiger partial charge in [-0.3, -0.25) is 4.90 Å². The van der Waals surface area contributed by atoms with Crippen LogP contribution in [0.5, 0.6) is 5.75 Å². The number of methoxy groups -OCH3 is 1. The van der Waals surface area contributed by atoms with Crippen LogP contribution in [0.15, 0.2) is 24.3 Å². The van der Waals surface area contributed by atoms with E-state index in [1.165, 1.54) is 5.69 Å². The Bertz CT molecular complexity index is 563. The van der Waals surface area contributed by atoms with Gasteiger partial charge in [-0.1, -0.05) is 12.1 Å². The van der Waals surface area contributed by atoms with Crippen LogP contribution in [0.25, 0.3) is 0 Å². The van der Waals surface area contributed by atoms with E-state index in [1.54, 1.807) is 7.11 Å². The van der Waals surface area contributed by atoms with Crippen molar-refractivity contribution in [2.24, 2.45) is 0 Å². The zero-order valence-electron chi connectivity index (χ0n) is 16.7. The first-order chi connectivity index (χ1) is 12.4. The van der Waals surface area contributed by atoms with Crippen LogP contribution in [-0.2, 0) is 0 Å². The molecule has 0 unspecified atom stereocenters. The highest BCUT2D eigenvalue weighted by Crippen LogP contribution is 2.28. The minimum Gasteiger partial charge on any atom is -0.495 e. The lowest BCUT2D eigenvalue weighted by atomic mass is 10.1. The summed E-state index contributed by atoms with van der Waals surface area (Å²) < 4.78 is 5.47. The number of urea groups is 1. The second kappa shape index (κ2) is 9.67. The number of piperazine rings is 1. The molecule has 26 heavy (non-hydrogen) atoms. The lowest BCUT2D eigenvalue weighted by Gasteiger charge is -2.36. The van der Waals surface area contributed by atoms with Gasteiger partial charge in [0.15, 0.2) is 0 Å². The summed E-state index contributed by atoms with van der Waals surface area (Å²) in [6, 6.07) is 8.14. The number of amides is 2. The smallest absolute Gasteiger partial charge is 0.315 e. The molecular formula is C20H34N4O2. The first-order valence-electron chi connectivity index (χ1n) is 9.55. The Hall–Kier alpha value is -1.95. The summed E-state index contributed by atoms with van der Waals surface area (Å²) in [5.41, 5.74) is 0.995. The second-order valence-corrected chi connectivity index (χ2v) is 7.84. The Morgan fingerprint density at radius 1 is 1.12 bits per heavy atom. The number of nitrogens with zero attached hydrogens (tertiary/aromatic N) is 2. The summed E-state index contributed by atoms with van der Waals surface area (Å²) in [6.45, 7) is 11.9. The molecule has 1 heterocycles. The molecule has 146 valence electrons. The van der Waals surface area contributed by atoms with E-state index in [9.17, 15) is 4.79 Å². The Labute approximate surface area is 157 Å². The number of hydrogen-bond acceptors (Lipinski definition) is 4. The molecule has 0 aromatic heterocycles. The van der Waals surface area contributed by atoms with Crippen molar-refractivity contribution in [2.45, 2.75) is 39.2 Å². The van der Waals surface area contributed by atoms with Gasteiger partial charge in [0.2, 0.25) is 0 Å². The number of nitrogens with one attached hydrogen (secondary N) is 2. The summed E-state index contributed by atoms with van der Waals surface area (Å²) in [5, 5.41) is 5.84. The number of hydrogen-bond donors (Lipinski definition) is 2. The second-order valence-electron chi connectivity index (χ2n) is 7.84. The summed E-state index contributed by atoms with van der Waals surface area (Å²) >= 11 is 0. The molecule has 6 heteroatoms. The van der Waals surface area contributed by atoms with Crippen molar-refractivity contribution in [3.63, 3.8) is 0 Å². The van der Waals surface area contributed by atoms with Crippen LogP contribution in [0.3, 0.4) is 0 Å². The van der Waals surface area contributed by atoms with E-state index in [0.717, 1.165) is 57.9 Å². The van der Waals surface area contributed by atoms with Crippen LogP contribution in [0.2, 0.25) is 0 Å². The van der Waals surface area contributed by atoms with Crippen molar-refractivity contribution in [3.8, 4) is 5.75 Å². The Morgan fingerprint density at radius 2 is 1.81 bits per heavy atom. The monoisotopic (exact) mass is 362 g/mol. The van der Waals surface area contributed by atoms with Gasteiger partial charge in [0.1, 0.15) is 5.75 Å². The Morgan fingerprint density at radius 3 is 2.46 bits per heavy atom. The predicted molar refractivity (Wildman–Crippen MR) is 107 cm³/mol. The molecule has 1 fully saturated rings. The molecule has 1 aromatic rings. The average Bonchev–Trinajstić information content (AvgIpc) is 2.60. The van der Waals surface area contributed by atoms with Crippen LogP contribution < -0.4 is 20.3 Å². The molecule has 0 spiro atoms. The van der Waals surface area contributed by atoms with E-state index < -0.39 is 0 Å². The Kier molecular flexibility index (Phi) is 7.57. The maximum Gasteiger partial charge on any atom is 0.315 e. The SMILES string of the molecule is COc1ccccc1N1CCN(CCCCNC(=O)NC(C)(C)C)CC1. The van der Waals surface area contributed by atoms with Gasteiger partial charge in [-0.2, -0.15) is 0 Å². The van der Waals surface area contributed by atoms with Gasteiger partial charge in [0.05, 0.1) is 12.8 Å². The maximum absolute atomic E-state index is 11.7. The average molecular weight is 363 g/mol. The topological polar surface area (TPSA) is 56.8 Å². The van der Waals surface area contributed by atoms with Crippen molar-refractivity contribution < 1.29 is 9.53 Å². The predicted octanol–water partition coefficient (Wildman–Crippen LogP) is 2.70. The van der Waals surface area contributed by atoms with Gasteiger partial charge in [-0.05, 0) is 52.3 Å². The van der Waals surface area contributed by atoms with Gasteiger partial charge in [0, 0.05) is 38.3 Å². The number of rotatable bonds is 7. The maximum atomic E-state index is 11.7. The van der Waals surface area contributed by atoms with Crippen molar-refractivity contribution in [2.75, 3.05) is 51.3 Å². The zero-order valence-corrected chi connectivity index (χ0v) is 16.7. The van der Waals surface area contributed by atoms with Gasteiger partial charge >= 0.3 is 6.03 Å². The molecule has 2 amide bonds. The van der Waals surface area contributed by atoms with E-state index in [0.29, 0.717) is 0 Å². The molecule has 1 aliphatic rings. The molecular weight excluding hydrogens is 328 g/mol. The first-order valence-corrected chi connectivity index (χ1v) is 9.55. The summed E-state index contributed by atoms with van der Waals surface area (Å²) in [6.07, 6.45) is 2.11. The Balaban J connectivity index is 1.61. The molecule has 1 aliphatic heterocycles. The lowest BCUT2D eigenvalue weighted by Crippen LogP contribution is -2.47. The quantitative estimate of drug-likeness (QED) is 0.732. The normalized spacial score (nSPS) is 15.6. The molecule has 0 radical (unpaired) electrons. The van der Waals surface area contributed by atoms with E-state index in [4.69, 9.17) is 4.74 Å². The fraction of sp³-hybridized carbons (Fsp3) is 0.650. The number of unbranched alkanes of at least 4 members (excludes halogenated alkanes) is 1. The van der Waals surface area contributed by atoms with Crippen molar-refractivity contribution in [1.29, 1.82) is 0 Å². The van der Waals surface area contributed by atoms with Crippen molar-refractivity contribution in [1.82, 2.24) is 15.5 Å². The van der Waals surface area contributed by atoms with E-state index in [-0.39, 0.29) is 11.6 Å². The van der Waals surface area contributed by atoms with Gasteiger partial charge in [-0.25, -0.2) is 4.79 Å². The lowest BCUT2D eigenvalue weighted by molar-refractivity contribution is 0.230. The molecule has 1 saturated heterocycles. The molecule has 0 saturated carbocycles. The number of ether oxygens (including phenoxy) is 1. The summed E-state index contributed by atoms with van der Waals surface area (Å²) in [7, 11) is 1.73. The van der Waals surface area contributed by atoms with Gasteiger partial charge < -0.3 is 20.3 Å². The standard InChI is InChI=1S/C20H34N4O2/c1-20(2,3)22-19(25)21-11-7-8-12-23-13-15-24(16-14-23)17-9-5-6-10-18(17)26-4/h5-6,9-10H,7-8,11-16H2,1-4H3,(H2,21,22,25). The molecule has 0 bridgehead atoms. The van der Waals surface area contributed by atoms with Crippen molar-refractivity contribution in [3.05, 3.63) is 24.3 Å². The fourth-order valence-corrected chi connectivity index (χ4v) is 3.15. The third-order valence-corrected chi connectivity index (χ3v) is 4.47. The number of carbonyl (C=O) groups is 1. The highest BCUT2D eigenvalue weighted by atomic mass is 16.5. The minimum absolute atomic E-state index is 0.0806. The molecule has 0 aliphatic carbocycles. The number of benzene rings is 1. The molecule has 2 N–H and O–H groups in total. The van der Waals surface area contributed by atoms with Crippen LogP contribution in [-0.4, -0.2) is 62.8 Å². The van der Waals surface area contributed by atoms with Crippen LogP contribution >= 0.6 is 0 Å². The molecule has 2 rings (SSSR count). The van der Waals surface area contributed by atoms with Crippen LogP contribution in [0.4, 0.5) is 10.5 Å². The number of anilines is 1.